The maximum Gasteiger partial charge on any atom is 0.328 e. The lowest BCUT2D eigenvalue weighted by Crippen LogP contribution is -2.33. The van der Waals surface area contributed by atoms with Crippen molar-refractivity contribution in [1.29, 1.82) is 0 Å². The molecule has 1 aliphatic heterocycles. The summed E-state index contributed by atoms with van der Waals surface area (Å²) < 4.78 is 10.2. The van der Waals surface area contributed by atoms with Gasteiger partial charge in [-0.1, -0.05) is 20.8 Å². The maximum atomic E-state index is 12.8. The Morgan fingerprint density at radius 2 is 1.93 bits per heavy atom. The zero-order chi connectivity index (χ0) is 29.4. The number of esters is 2. The number of hydrogen-bond acceptors (Lipinski definition) is 10. The molecule has 1 unspecified atom stereocenters. The Labute approximate surface area is 238 Å². The summed E-state index contributed by atoms with van der Waals surface area (Å²) in [6.45, 7) is 12.1. The molecule has 2 atom stereocenters. The van der Waals surface area contributed by atoms with Crippen LogP contribution >= 0.6 is 11.3 Å². The van der Waals surface area contributed by atoms with E-state index in [0.29, 0.717) is 31.0 Å². The molecule has 11 nitrogen and oxygen atoms in total. The normalized spacial score (nSPS) is 15.4. The standard InChI is InChI=1S/C28H41N5O6S/c1-7-38-22(34)12-10-19(25(36)39-8-2)30-21-13-16(3)20(40-21)11-9-17-14-18-23(29-15-17)31-27(32-24(18)35)33-26(37)28(4,5)6/h13,17,19,30H,7-12,14-15H2,1-6H3,(H3,29,31,32,33,35,37)/t17?,19-/m0/s1. The molecule has 0 spiro atoms. The summed E-state index contributed by atoms with van der Waals surface area (Å²) in [5.41, 5.74) is 0.848. The van der Waals surface area contributed by atoms with E-state index in [1.807, 2.05) is 13.0 Å². The van der Waals surface area contributed by atoms with Gasteiger partial charge in [-0.2, -0.15) is 4.98 Å². The number of anilines is 3. The Bertz CT molecular complexity index is 1260. The molecule has 0 fully saturated rings. The molecule has 3 heterocycles. The highest BCUT2D eigenvalue weighted by atomic mass is 32.1. The molecule has 0 aliphatic carbocycles. The van der Waals surface area contributed by atoms with Crippen molar-refractivity contribution in [2.45, 2.75) is 79.7 Å². The summed E-state index contributed by atoms with van der Waals surface area (Å²) in [5.74, 6) is -0.0733. The number of aromatic nitrogens is 2. The van der Waals surface area contributed by atoms with Gasteiger partial charge in [0.05, 0.1) is 23.8 Å². The topological polar surface area (TPSA) is 152 Å². The van der Waals surface area contributed by atoms with Crippen LogP contribution in [0.25, 0.3) is 0 Å². The summed E-state index contributed by atoms with van der Waals surface area (Å²) in [6, 6.07) is 1.36. The average Bonchev–Trinajstić information content (AvgIpc) is 3.23. The van der Waals surface area contributed by atoms with Gasteiger partial charge in [-0.15, -0.1) is 11.3 Å². The number of amides is 1. The number of aryl methyl sites for hydroxylation is 2. The fourth-order valence-corrected chi connectivity index (χ4v) is 5.47. The molecule has 220 valence electrons. The van der Waals surface area contributed by atoms with Gasteiger partial charge in [0.25, 0.3) is 5.56 Å². The first-order valence-corrected chi connectivity index (χ1v) is 14.6. The first-order valence-electron chi connectivity index (χ1n) is 13.8. The largest absolute Gasteiger partial charge is 0.466 e. The van der Waals surface area contributed by atoms with Crippen molar-refractivity contribution in [3.05, 3.63) is 32.4 Å². The number of carbonyl (C=O) groups is 3. The molecular formula is C28H41N5O6S. The predicted molar refractivity (Wildman–Crippen MR) is 156 cm³/mol. The van der Waals surface area contributed by atoms with Crippen LogP contribution in [0.2, 0.25) is 0 Å². The second-order valence-electron chi connectivity index (χ2n) is 10.9. The van der Waals surface area contributed by atoms with Crippen molar-refractivity contribution in [3.63, 3.8) is 0 Å². The first kappa shape index (κ1) is 31.1. The van der Waals surface area contributed by atoms with Crippen LogP contribution in [-0.2, 0) is 36.7 Å². The van der Waals surface area contributed by atoms with Crippen LogP contribution in [0.5, 0.6) is 0 Å². The Hall–Kier alpha value is -3.41. The van der Waals surface area contributed by atoms with Gasteiger partial charge in [-0.3, -0.25) is 24.7 Å². The van der Waals surface area contributed by atoms with Crippen molar-refractivity contribution < 1.29 is 23.9 Å². The molecule has 0 aromatic carbocycles. The lowest BCUT2D eigenvalue weighted by molar-refractivity contribution is -0.145. The number of H-pyrrole nitrogens is 1. The van der Waals surface area contributed by atoms with Crippen molar-refractivity contribution in [1.82, 2.24) is 9.97 Å². The summed E-state index contributed by atoms with van der Waals surface area (Å²) in [6.07, 6.45) is 2.67. The van der Waals surface area contributed by atoms with E-state index in [0.717, 1.165) is 23.4 Å². The van der Waals surface area contributed by atoms with E-state index in [1.165, 1.54) is 4.88 Å². The van der Waals surface area contributed by atoms with Gasteiger partial charge in [0.1, 0.15) is 11.9 Å². The molecule has 1 amide bonds. The number of nitrogens with one attached hydrogen (secondary N) is 4. The van der Waals surface area contributed by atoms with E-state index in [4.69, 9.17) is 9.47 Å². The van der Waals surface area contributed by atoms with Crippen molar-refractivity contribution in [2.75, 3.05) is 35.7 Å². The van der Waals surface area contributed by atoms with Gasteiger partial charge >= 0.3 is 11.9 Å². The minimum absolute atomic E-state index is 0.121. The van der Waals surface area contributed by atoms with Crippen LogP contribution in [0.1, 0.15) is 69.9 Å². The maximum absolute atomic E-state index is 12.8. The zero-order valence-corrected chi connectivity index (χ0v) is 25.0. The third-order valence-corrected chi connectivity index (χ3v) is 7.84. The fourth-order valence-electron chi connectivity index (χ4n) is 4.33. The van der Waals surface area contributed by atoms with Gasteiger partial charge in [-0.25, -0.2) is 4.79 Å². The summed E-state index contributed by atoms with van der Waals surface area (Å²) >= 11 is 1.58. The molecule has 40 heavy (non-hydrogen) atoms. The van der Waals surface area contributed by atoms with Crippen molar-refractivity contribution in [3.8, 4) is 0 Å². The number of rotatable bonds is 12. The van der Waals surface area contributed by atoms with E-state index in [1.54, 1.807) is 46.0 Å². The monoisotopic (exact) mass is 575 g/mol. The molecular weight excluding hydrogens is 534 g/mol. The highest BCUT2D eigenvalue weighted by Crippen LogP contribution is 2.31. The third kappa shape index (κ3) is 8.54. The molecule has 4 N–H and O–H groups in total. The average molecular weight is 576 g/mol. The fraction of sp³-hybridized carbons (Fsp3) is 0.607. The molecule has 2 aromatic heterocycles. The van der Waals surface area contributed by atoms with Crippen LogP contribution in [0, 0.1) is 18.3 Å². The van der Waals surface area contributed by atoms with Crippen molar-refractivity contribution in [2.24, 2.45) is 11.3 Å². The van der Waals surface area contributed by atoms with Crippen LogP contribution in [0.3, 0.4) is 0 Å². The van der Waals surface area contributed by atoms with Crippen LogP contribution in [-0.4, -0.2) is 53.6 Å². The summed E-state index contributed by atoms with van der Waals surface area (Å²) in [4.78, 5) is 57.7. The van der Waals surface area contributed by atoms with E-state index in [9.17, 15) is 19.2 Å². The van der Waals surface area contributed by atoms with Gasteiger partial charge in [0.2, 0.25) is 11.9 Å². The van der Waals surface area contributed by atoms with E-state index in [2.05, 4.69) is 25.9 Å². The Morgan fingerprint density at radius 1 is 1.20 bits per heavy atom. The molecule has 0 saturated heterocycles. The number of ether oxygens (including phenoxy) is 2. The zero-order valence-electron chi connectivity index (χ0n) is 24.2. The molecule has 12 heteroatoms. The Kier molecular flexibility index (Phi) is 10.7. The molecule has 2 aromatic rings. The molecule has 0 saturated carbocycles. The first-order chi connectivity index (χ1) is 18.9. The quantitative estimate of drug-likeness (QED) is 0.275. The summed E-state index contributed by atoms with van der Waals surface area (Å²) in [5, 5.41) is 10.0. The predicted octanol–water partition coefficient (Wildman–Crippen LogP) is 4.03. The minimum atomic E-state index is -0.647. The van der Waals surface area contributed by atoms with Gasteiger partial charge in [0.15, 0.2) is 0 Å². The SMILES string of the molecule is CCOC(=O)CC[C@H](Nc1cc(C)c(CCC2CNc3nc(NC(=O)C(C)(C)C)[nH]c(=O)c3C2)s1)C(=O)OCC. The van der Waals surface area contributed by atoms with Gasteiger partial charge in [-0.05, 0) is 64.0 Å². The number of carbonyl (C=O) groups excluding carboxylic acids is 3. The minimum Gasteiger partial charge on any atom is -0.466 e. The van der Waals surface area contributed by atoms with Gasteiger partial charge < -0.3 is 20.1 Å². The van der Waals surface area contributed by atoms with Gasteiger partial charge in [0, 0.05) is 23.3 Å². The molecule has 0 bridgehead atoms. The third-order valence-electron chi connectivity index (χ3n) is 6.61. The Morgan fingerprint density at radius 3 is 2.60 bits per heavy atom. The lowest BCUT2D eigenvalue weighted by atomic mass is 9.92. The number of nitrogens with zero attached hydrogens (tertiary/aromatic N) is 1. The number of aromatic amines is 1. The Balaban J connectivity index is 1.61. The van der Waals surface area contributed by atoms with E-state index >= 15 is 0 Å². The highest BCUT2D eigenvalue weighted by Gasteiger charge is 2.26. The van der Waals surface area contributed by atoms with E-state index in [-0.39, 0.29) is 48.8 Å². The van der Waals surface area contributed by atoms with Crippen LogP contribution in [0.4, 0.5) is 16.8 Å². The number of hydrogen-bond donors (Lipinski definition) is 4. The summed E-state index contributed by atoms with van der Waals surface area (Å²) in [7, 11) is 0. The van der Waals surface area contributed by atoms with Crippen LogP contribution in [0.15, 0.2) is 10.9 Å². The second kappa shape index (κ2) is 13.8. The number of fused-ring (bicyclic) bond motifs is 1. The molecule has 3 rings (SSSR count). The number of thiophene rings is 1. The van der Waals surface area contributed by atoms with Crippen LogP contribution < -0.4 is 21.5 Å². The molecule has 1 aliphatic rings. The smallest absolute Gasteiger partial charge is 0.328 e. The highest BCUT2D eigenvalue weighted by molar-refractivity contribution is 7.16. The lowest BCUT2D eigenvalue weighted by Gasteiger charge is -2.25. The molecule has 0 radical (unpaired) electrons. The second-order valence-corrected chi connectivity index (χ2v) is 12.1. The van der Waals surface area contributed by atoms with E-state index < -0.39 is 17.4 Å². The van der Waals surface area contributed by atoms with Crippen molar-refractivity contribution >= 4 is 45.9 Å².